The number of ether oxygens (including phenoxy) is 2. The lowest BCUT2D eigenvalue weighted by atomic mass is 9.87. The molecule has 1 aromatic carbocycles. The molecule has 2 fully saturated rings. The van der Waals surface area contributed by atoms with Crippen molar-refractivity contribution in [1.29, 1.82) is 0 Å². The normalized spacial score (nSPS) is 22.3. The second-order valence-electron chi connectivity index (χ2n) is 9.73. The van der Waals surface area contributed by atoms with Crippen molar-refractivity contribution in [2.45, 2.75) is 69.4 Å². The van der Waals surface area contributed by atoms with Gasteiger partial charge in [0.1, 0.15) is 11.8 Å². The highest BCUT2D eigenvalue weighted by Gasteiger charge is 2.50. The zero-order valence-electron chi connectivity index (χ0n) is 21.3. The Kier molecular flexibility index (Phi) is 8.44. The van der Waals surface area contributed by atoms with Crippen molar-refractivity contribution in [3.05, 3.63) is 53.2 Å². The molecule has 0 bridgehead atoms. The van der Waals surface area contributed by atoms with Gasteiger partial charge in [0.2, 0.25) is 11.8 Å². The van der Waals surface area contributed by atoms with Gasteiger partial charge in [0.05, 0.1) is 25.8 Å². The van der Waals surface area contributed by atoms with E-state index in [1.807, 2.05) is 0 Å². The van der Waals surface area contributed by atoms with E-state index in [4.69, 9.17) is 9.47 Å². The first kappa shape index (κ1) is 27.7. The van der Waals surface area contributed by atoms with Gasteiger partial charge in [0.15, 0.2) is 0 Å². The highest BCUT2D eigenvalue weighted by molar-refractivity contribution is 5.86. The molecule has 2 aromatic rings. The molecule has 38 heavy (non-hydrogen) atoms. The highest BCUT2D eigenvalue weighted by Crippen LogP contribution is 2.42. The average molecular weight is 536 g/mol. The van der Waals surface area contributed by atoms with Crippen LogP contribution in [0.4, 0.5) is 13.2 Å². The zero-order valence-corrected chi connectivity index (χ0v) is 21.3. The van der Waals surface area contributed by atoms with Gasteiger partial charge in [0.25, 0.3) is 0 Å². The predicted molar refractivity (Wildman–Crippen MR) is 132 cm³/mol. The third kappa shape index (κ3) is 5.72. The van der Waals surface area contributed by atoms with E-state index < -0.39 is 35.8 Å². The quantitative estimate of drug-likeness (QED) is 0.510. The standard InChI is InChI=1S/C27H32F3N3O5/c1-37-22-11-10-18(27(28,29)30)13-17(22)15-32-20-14-21(26(35)36)33(25(34)16-7-4-3-5-8-16)23(20)19-9-6-12-31-24(19)38-2/h6,9-13,16,20-21,23,32H,3-5,7-8,14-15H2,1-2H3,(H,35,36). The number of nitrogens with zero attached hydrogens (tertiary/aromatic N) is 2. The molecule has 2 heterocycles. The van der Waals surface area contributed by atoms with Crippen LogP contribution in [-0.4, -0.2) is 53.2 Å². The molecule has 8 nitrogen and oxygen atoms in total. The van der Waals surface area contributed by atoms with Crippen LogP contribution >= 0.6 is 0 Å². The van der Waals surface area contributed by atoms with Crippen molar-refractivity contribution in [1.82, 2.24) is 15.2 Å². The molecule has 0 radical (unpaired) electrons. The number of aliphatic carboxylic acids is 1. The first-order valence-electron chi connectivity index (χ1n) is 12.7. The summed E-state index contributed by atoms with van der Waals surface area (Å²) in [5.41, 5.74) is -0.0101. The van der Waals surface area contributed by atoms with Crippen molar-refractivity contribution in [3.63, 3.8) is 0 Å². The van der Waals surface area contributed by atoms with Crippen LogP contribution in [0.3, 0.4) is 0 Å². The van der Waals surface area contributed by atoms with Crippen LogP contribution in [0.5, 0.6) is 11.6 Å². The number of pyridine rings is 1. The number of carbonyl (C=O) groups excluding carboxylic acids is 1. The molecule has 1 aromatic heterocycles. The number of aromatic nitrogens is 1. The maximum absolute atomic E-state index is 13.8. The number of nitrogens with one attached hydrogen (secondary N) is 1. The molecule has 2 aliphatic rings. The van der Waals surface area contributed by atoms with Crippen molar-refractivity contribution in [2.75, 3.05) is 14.2 Å². The lowest BCUT2D eigenvalue weighted by molar-refractivity contribution is -0.152. The molecule has 1 saturated heterocycles. The van der Waals surface area contributed by atoms with Crippen LogP contribution in [0.15, 0.2) is 36.5 Å². The van der Waals surface area contributed by atoms with Gasteiger partial charge in [-0.25, -0.2) is 9.78 Å². The molecule has 0 spiro atoms. The highest BCUT2D eigenvalue weighted by atomic mass is 19.4. The third-order valence-corrected chi connectivity index (χ3v) is 7.46. The summed E-state index contributed by atoms with van der Waals surface area (Å²) in [5.74, 6) is -1.12. The van der Waals surface area contributed by atoms with Crippen LogP contribution in [0.2, 0.25) is 0 Å². The van der Waals surface area contributed by atoms with Gasteiger partial charge in [-0.05, 0) is 49.6 Å². The van der Waals surface area contributed by atoms with Crippen molar-refractivity contribution < 1.29 is 37.3 Å². The van der Waals surface area contributed by atoms with Gasteiger partial charge < -0.3 is 24.8 Å². The Morgan fingerprint density at radius 3 is 2.50 bits per heavy atom. The molecular formula is C27H32F3N3O5. The summed E-state index contributed by atoms with van der Waals surface area (Å²) in [6.07, 6.45) is 1.30. The van der Waals surface area contributed by atoms with E-state index in [9.17, 15) is 27.9 Å². The number of likely N-dealkylation sites (tertiary alicyclic amines) is 1. The second-order valence-corrected chi connectivity index (χ2v) is 9.73. The molecular weight excluding hydrogens is 503 g/mol. The molecule has 1 aliphatic carbocycles. The number of hydrogen-bond donors (Lipinski definition) is 2. The average Bonchev–Trinajstić information content (AvgIpc) is 3.30. The Balaban J connectivity index is 1.71. The van der Waals surface area contributed by atoms with E-state index in [0.717, 1.165) is 31.4 Å². The molecule has 3 unspecified atom stereocenters. The Hall–Kier alpha value is -3.34. The van der Waals surface area contributed by atoms with Gasteiger partial charge in [-0.2, -0.15) is 13.2 Å². The van der Waals surface area contributed by atoms with E-state index >= 15 is 0 Å². The Morgan fingerprint density at radius 2 is 1.87 bits per heavy atom. The van der Waals surface area contributed by atoms with Gasteiger partial charge in [-0.3, -0.25) is 4.79 Å². The number of amides is 1. The van der Waals surface area contributed by atoms with E-state index in [1.54, 1.807) is 12.1 Å². The van der Waals surface area contributed by atoms with Crippen molar-refractivity contribution >= 4 is 11.9 Å². The summed E-state index contributed by atoms with van der Waals surface area (Å²) >= 11 is 0. The summed E-state index contributed by atoms with van der Waals surface area (Å²) in [6, 6.07) is 4.19. The zero-order chi connectivity index (χ0) is 27.4. The van der Waals surface area contributed by atoms with Gasteiger partial charge in [0, 0.05) is 35.8 Å². The fourth-order valence-electron chi connectivity index (χ4n) is 5.64. The predicted octanol–water partition coefficient (Wildman–Crippen LogP) is 4.58. The summed E-state index contributed by atoms with van der Waals surface area (Å²) < 4.78 is 50.9. The van der Waals surface area contributed by atoms with Crippen LogP contribution in [-0.2, 0) is 22.3 Å². The number of rotatable bonds is 8. The SMILES string of the molecule is COc1ccc(C(F)(F)F)cc1CNC1CC(C(=O)O)N(C(=O)C2CCCCC2)C1c1cccnc1OC. The summed E-state index contributed by atoms with van der Waals surface area (Å²) in [7, 11) is 2.81. The number of hydrogen-bond acceptors (Lipinski definition) is 6. The summed E-state index contributed by atoms with van der Waals surface area (Å²) in [5, 5.41) is 13.4. The van der Waals surface area contributed by atoms with Gasteiger partial charge >= 0.3 is 12.1 Å². The van der Waals surface area contributed by atoms with Crippen molar-refractivity contribution in [2.24, 2.45) is 5.92 Å². The first-order valence-corrected chi connectivity index (χ1v) is 12.7. The summed E-state index contributed by atoms with van der Waals surface area (Å²) in [6.45, 7) is -0.0331. The lowest BCUT2D eigenvalue weighted by Crippen LogP contribution is -2.46. The number of halogens is 3. The Labute approximate surface area is 219 Å². The van der Waals surface area contributed by atoms with E-state index in [0.29, 0.717) is 18.4 Å². The maximum Gasteiger partial charge on any atom is 0.416 e. The van der Waals surface area contributed by atoms with Crippen LogP contribution in [0, 0.1) is 5.92 Å². The smallest absolute Gasteiger partial charge is 0.416 e. The number of benzene rings is 1. The minimum atomic E-state index is -4.53. The number of carboxylic acids is 1. The lowest BCUT2D eigenvalue weighted by Gasteiger charge is -2.35. The molecule has 1 aliphatic heterocycles. The Morgan fingerprint density at radius 1 is 1.13 bits per heavy atom. The molecule has 2 N–H and O–H groups in total. The van der Waals surface area contributed by atoms with Gasteiger partial charge in [-0.1, -0.05) is 19.3 Å². The minimum absolute atomic E-state index is 0.0331. The van der Waals surface area contributed by atoms with Crippen molar-refractivity contribution in [3.8, 4) is 11.6 Å². The molecule has 11 heteroatoms. The topological polar surface area (TPSA) is 101 Å². The van der Waals surface area contributed by atoms with Crippen LogP contribution in [0.25, 0.3) is 0 Å². The molecule has 206 valence electrons. The molecule has 4 rings (SSSR count). The maximum atomic E-state index is 13.8. The molecule has 1 saturated carbocycles. The molecule has 1 amide bonds. The third-order valence-electron chi connectivity index (χ3n) is 7.46. The van der Waals surface area contributed by atoms with Crippen LogP contribution < -0.4 is 14.8 Å². The monoisotopic (exact) mass is 535 g/mol. The first-order chi connectivity index (χ1) is 18.2. The van der Waals surface area contributed by atoms with E-state index in [2.05, 4.69) is 10.3 Å². The molecule has 3 atom stereocenters. The number of carbonyl (C=O) groups is 2. The number of methoxy groups -OCH3 is 2. The minimum Gasteiger partial charge on any atom is -0.496 e. The van der Waals surface area contributed by atoms with E-state index in [1.165, 1.54) is 31.4 Å². The fourth-order valence-corrected chi connectivity index (χ4v) is 5.64. The number of alkyl halides is 3. The van der Waals surface area contributed by atoms with E-state index in [-0.39, 0.29) is 42.0 Å². The largest absolute Gasteiger partial charge is 0.496 e. The van der Waals surface area contributed by atoms with Crippen LogP contribution in [0.1, 0.15) is 61.3 Å². The Bertz CT molecular complexity index is 1150. The number of carboxylic acid groups (broad SMARTS) is 1. The second kappa shape index (κ2) is 11.6. The fraction of sp³-hybridized carbons (Fsp3) is 0.519. The summed E-state index contributed by atoms with van der Waals surface area (Å²) in [4.78, 5) is 31.9. The van der Waals surface area contributed by atoms with Gasteiger partial charge in [-0.15, -0.1) is 0 Å².